The first-order valence-electron chi connectivity index (χ1n) is 6.35. The van der Waals surface area contributed by atoms with Crippen LogP contribution in [0.25, 0.3) is 11.0 Å². The molecule has 0 amide bonds. The molecular formula is C16H13ClN2O. The lowest BCUT2D eigenvalue weighted by atomic mass is 10.1. The van der Waals surface area contributed by atoms with E-state index < -0.39 is 0 Å². The van der Waals surface area contributed by atoms with E-state index in [2.05, 4.69) is 4.98 Å². The Kier molecular flexibility index (Phi) is 3.28. The van der Waals surface area contributed by atoms with Gasteiger partial charge in [0.2, 0.25) is 0 Å². The summed E-state index contributed by atoms with van der Waals surface area (Å²) in [6.45, 7) is 0. The van der Waals surface area contributed by atoms with Gasteiger partial charge in [-0.1, -0.05) is 35.9 Å². The highest BCUT2D eigenvalue weighted by atomic mass is 35.5. The van der Waals surface area contributed by atoms with Crippen molar-refractivity contribution in [2.75, 3.05) is 0 Å². The second kappa shape index (κ2) is 5.10. The van der Waals surface area contributed by atoms with E-state index in [0.29, 0.717) is 10.6 Å². The van der Waals surface area contributed by atoms with Crippen molar-refractivity contribution in [2.45, 2.75) is 6.42 Å². The largest absolute Gasteiger partial charge is 0.331 e. The van der Waals surface area contributed by atoms with Crippen LogP contribution in [0.1, 0.15) is 16.2 Å². The van der Waals surface area contributed by atoms with Gasteiger partial charge in [0.15, 0.2) is 5.78 Å². The van der Waals surface area contributed by atoms with Crippen LogP contribution in [-0.4, -0.2) is 15.3 Å². The molecule has 0 fully saturated rings. The van der Waals surface area contributed by atoms with E-state index >= 15 is 0 Å². The summed E-state index contributed by atoms with van der Waals surface area (Å²) in [4.78, 5) is 16.8. The molecule has 1 heterocycles. The van der Waals surface area contributed by atoms with Gasteiger partial charge in [-0.05, 0) is 24.3 Å². The number of halogens is 1. The second-order valence-corrected chi connectivity index (χ2v) is 5.06. The monoisotopic (exact) mass is 284 g/mol. The minimum Gasteiger partial charge on any atom is -0.331 e. The highest BCUT2D eigenvalue weighted by molar-refractivity contribution is 6.34. The van der Waals surface area contributed by atoms with Crippen molar-refractivity contribution in [2.24, 2.45) is 7.05 Å². The van der Waals surface area contributed by atoms with Gasteiger partial charge in [-0.15, -0.1) is 0 Å². The Labute approximate surface area is 121 Å². The number of aryl methyl sites for hydroxylation is 1. The van der Waals surface area contributed by atoms with Crippen LogP contribution in [0.3, 0.4) is 0 Å². The first-order chi connectivity index (χ1) is 9.66. The van der Waals surface area contributed by atoms with E-state index in [-0.39, 0.29) is 12.2 Å². The van der Waals surface area contributed by atoms with Gasteiger partial charge in [0.05, 0.1) is 22.5 Å². The zero-order chi connectivity index (χ0) is 14.1. The lowest BCUT2D eigenvalue weighted by molar-refractivity contribution is 0.0990. The maximum Gasteiger partial charge on any atom is 0.171 e. The number of benzene rings is 2. The van der Waals surface area contributed by atoms with Crippen LogP contribution in [0, 0.1) is 0 Å². The summed E-state index contributed by atoms with van der Waals surface area (Å²) in [7, 11) is 1.92. The predicted octanol–water partition coefficient (Wildman–Crippen LogP) is 3.65. The van der Waals surface area contributed by atoms with Crippen LogP contribution in [0.2, 0.25) is 5.02 Å². The summed E-state index contributed by atoms with van der Waals surface area (Å²) in [6, 6.07) is 14.9. The number of rotatable bonds is 3. The van der Waals surface area contributed by atoms with Crippen molar-refractivity contribution in [3.63, 3.8) is 0 Å². The van der Waals surface area contributed by atoms with Crippen molar-refractivity contribution < 1.29 is 4.79 Å². The molecule has 20 heavy (non-hydrogen) atoms. The minimum absolute atomic E-state index is 0.0194. The number of carbonyl (C=O) groups is 1. The quantitative estimate of drug-likeness (QED) is 0.688. The molecule has 2 aromatic carbocycles. The molecule has 100 valence electrons. The van der Waals surface area contributed by atoms with Crippen molar-refractivity contribution in [3.8, 4) is 0 Å². The van der Waals surface area contributed by atoms with E-state index in [1.807, 2.05) is 48.0 Å². The van der Waals surface area contributed by atoms with Crippen LogP contribution in [0.4, 0.5) is 0 Å². The molecule has 3 rings (SSSR count). The molecule has 3 aromatic rings. The Morgan fingerprint density at radius 3 is 2.60 bits per heavy atom. The molecule has 0 saturated heterocycles. The number of nitrogens with zero attached hydrogens (tertiary/aromatic N) is 2. The van der Waals surface area contributed by atoms with Crippen LogP contribution in [0.15, 0.2) is 48.5 Å². The average molecular weight is 285 g/mol. The molecule has 0 aliphatic carbocycles. The van der Waals surface area contributed by atoms with Gasteiger partial charge >= 0.3 is 0 Å². The molecule has 0 aliphatic rings. The minimum atomic E-state index is -0.0194. The molecule has 4 heteroatoms. The van der Waals surface area contributed by atoms with Crippen LogP contribution in [-0.2, 0) is 13.5 Å². The summed E-state index contributed by atoms with van der Waals surface area (Å²) in [6.07, 6.45) is 0.245. The third kappa shape index (κ3) is 2.21. The topological polar surface area (TPSA) is 34.9 Å². The number of imidazole rings is 1. The van der Waals surface area contributed by atoms with E-state index in [4.69, 9.17) is 11.6 Å². The number of para-hydroxylation sites is 2. The van der Waals surface area contributed by atoms with E-state index in [0.717, 1.165) is 16.9 Å². The number of Topliss-reactive ketones (excluding diaryl/α,β-unsaturated/α-hetero) is 1. The summed E-state index contributed by atoms with van der Waals surface area (Å²) in [5, 5.41) is 0.483. The fourth-order valence-electron chi connectivity index (χ4n) is 2.28. The smallest absolute Gasteiger partial charge is 0.171 e. The van der Waals surface area contributed by atoms with E-state index in [9.17, 15) is 4.79 Å². The lowest BCUT2D eigenvalue weighted by Gasteiger charge is -2.04. The molecule has 0 N–H and O–H groups in total. The van der Waals surface area contributed by atoms with Crippen molar-refractivity contribution in [3.05, 3.63) is 64.9 Å². The highest BCUT2D eigenvalue weighted by Gasteiger charge is 2.15. The molecular weight excluding hydrogens is 272 g/mol. The molecule has 1 aromatic heterocycles. The first kappa shape index (κ1) is 12.9. The van der Waals surface area contributed by atoms with Crippen molar-refractivity contribution in [1.82, 2.24) is 9.55 Å². The Hall–Kier alpha value is -2.13. The Bertz CT molecular complexity index is 792. The summed E-state index contributed by atoms with van der Waals surface area (Å²) < 4.78 is 1.95. The summed E-state index contributed by atoms with van der Waals surface area (Å²) >= 11 is 6.06. The predicted molar refractivity (Wildman–Crippen MR) is 80.2 cm³/mol. The fourth-order valence-corrected chi connectivity index (χ4v) is 2.52. The highest BCUT2D eigenvalue weighted by Crippen LogP contribution is 2.19. The van der Waals surface area contributed by atoms with Gasteiger partial charge in [0.1, 0.15) is 5.82 Å². The fraction of sp³-hybridized carbons (Fsp3) is 0.125. The Balaban J connectivity index is 1.96. The molecule has 0 aliphatic heterocycles. The summed E-state index contributed by atoms with van der Waals surface area (Å²) in [5.74, 6) is 0.727. The second-order valence-electron chi connectivity index (χ2n) is 4.66. The third-order valence-corrected chi connectivity index (χ3v) is 3.70. The number of hydrogen-bond acceptors (Lipinski definition) is 2. The first-order valence-corrected chi connectivity index (χ1v) is 6.72. The number of aromatic nitrogens is 2. The normalized spacial score (nSPS) is 10.9. The van der Waals surface area contributed by atoms with Crippen LogP contribution >= 0.6 is 11.6 Å². The molecule has 0 unspecified atom stereocenters. The zero-order valence-electron chi connectivity index (χ0n) is 11.0. The lowest BCUT2D eigenvalue weighted by Crippen LogP contribution is -2.08. The molecule has 0 spiro atoms. The number of ketones is 1. The SMILES string of the molecule is Cn1c(CC(=O)c2ccccc2Cl)nc2ccccc21. The number of carbonyl (C=O) groups excluding carboxylic acids is 1. The van der Waals surface area contributed by atoms with Gasteiger partial charge in [0.25, 0.3) is 0 Å². The van der Waals surface area contributed by atoms with E-state index in [1.165, 1.54) is 0 Å². The maximum absolute atomic E-state index is 12.3. The average Bonchev–Trinajstić information content (AvgIpc) is 2.76. The molecule has 0 bridgehead atoms. The van der Waals surface area contributed by atoms with Gasteiger partial charge in [-0.25, -0.2) is 4.98 Å². The van der Waals surface area contributed by atoms with Gasteiger partial charge in [0, 0.05) is 12.6 Å². The standard InChI is InChI=1S/C16H13ClN2O/c1-19-14-9-5-4-8-13(14)18-16(19)10-15(20)11-6-2-3-7-12(11)17/h2-9H,10H2,1H3. The summed E-state index contributed by atoms with van der Waals surface area (Å²) in [5.41, 5.74) is 2.47. The zero-order valence-corrected chi connectivity index (χ0v) is 11.8. The van der Waals surface area contributed by atoms with Gasteiger partial charge in [-0.2, -0.15) is 0 Å². The molecule has 3 nitrogen and oxygen atoms in total. The molecule has 0 atom stereocenters. The Morgan fingerprint density at radius 1 is 1.15 bits per heavy atom. The molecule has 0 radical (unpaired) electrons. The van der Waals surface area contributed by atoms with Crippen LogP contribution in [0.5, 0.6) is 0 Å². The Morgan fingerprint density at radius 2 is 1.85 bits per heavy atom. The van der Waals surface area contributed by atoms with Crippen LogP contribution < -0.4 is 0 Å². The molecule has 0 saturated carbocycles. The van der Waals surface area contributed by atoms with E-state index in [1.54, 1.807) is 12.1 Å². The number of fused-ring (bicyclic) bond motifs is 1. The van der Waals surface area contributed by atoms with Crippen molar-refractivity contribution >= 4 is 28.4 Å². The number of hydrogen-bond donors (Lipinski definition) is 0. The third-order valence-electron chi connectivity index (χ3n) is 3.37. The maximum atomic E-state index is 12.3. The van der Waals surface area contributed by atoms with Gasteiger partial charge in [-0.3, -0.25) is 4.79 Å². The van der Waals surface area contributed by atoms with Gasteiger partial charge < -0.3 is 4.57 Å². The van der Waals surface area contributed by atoms with Crippen molar-refractivity contribution in [1.29, 1.82) is 0 Å².